The Morgan fingerprint density at radius 3 is 2.50 bits per heavy atom. The Balaban J connectivity index is 1.69. The molecule has 0 aromatic heterocycles. The third-order valence-corrected chi connectivity index (χ3v) is 4.48. The molecule has 1 N–H and O–H groups in total. The van der Waals surface area contributed by atoms with Crippen LogP contribution in [0.4, 0.5) is 0 Å². The largest absolute Gasteiger partial charge is 0.305 e. The van der Waals surface area contributed by atoms with Crippen LogP contribution in [0.2, 0.25) is 0 Å². The van der Waals surface area contributed by atoms with Gasteiger partial charge in [0, 0.05) is 13.1 Å². The van der Waals surface area contributed by atoms with Crippen LogP contribution in [0.3, 0.4) is 0 Å². The highest BCUT2D eigenvalue weighted by Crippen LogP contribution is 2.38. The van der Waals surface area contributed by atoms with Crippen molar-refractivity contribution in [1.82, 2.24) is 10.4 Å². The van der Waals surface area contributed by atoms with Crippen molar-refractivity contribution in [1.29, 1.82) is 0 Å². The van der Waals surface area contributed by atoms with E-state index in [4.69, 9.17) is 4.84 Å². The molecule has 0 saturated carbocycles. The fraction of sp³-hybridized carbons (Fsp3) is 0.600. The molecule has 1 aromatic rings. The zero-order valence-corrected chi connectivity index (χ0v) is 11.1. The van der Waals surface area contributed by atoms with Crippen LogP contribution in [0.15, 0.2) is 24.3 Å². The van der Waals surface area contributed by atoms with Gasteiger partial charge in [0.25, 0.3) is 0 Å². The number of rotatable bonds is 4. The average molecular weight is 246 g/mol. The maximum absolute atomic E-state index is 4.88. The van der Waals surface area contributed by atoms with E-state index in [2.05, 4.69) is 34.6 Å². The van der Waals surface area contributed by atoms with Gasteiger partial charge in [-0.2, -0.15) is 5.48 Å². The maximum atomic E-state index is 4.88. The standard InChI is InChI=1S/C15H22N2O/c1-18-16-10-12-2-4-13(5-3-12)15-11-17-8-6-14(15)7-9-17/h2-5,14-16H,6-11H2,1H3. The number of nitrogens with zero attached hydrogens (tertiary/aromatic N) is 1. The Morgan fingerprint density at radius 1 is 1.22 bits per heavy atom. The van der Waals surface area contributed by atoms with Crippen molar-refractivity contribution in [3.63, 3.8) is 0 Å². The molecule has 0 aliphatic carbocycles. The lowest BCUT2D eigenvalue weighted by atomic mass is 9.75. The van der Waals surface area contributed by atoms with E-state index >= 15 is 0 Å². The summed E-state index contributed by atoms with van der Waals surface area (Å²) >= 11 is 0. The van der Waals surface area contributed by atoms with E-state index in [-0.39, 0.29) is 0 Å². The fourth-order valence-corrected chi connectivity index (χ4v) is 3.38. The molecule has 3 saturated heterocycles. The smallest absolute Gasteiger partial charge is 0.0572 e. The first-order valence-corrected chi connectivity index (χ1v) is 6.94. The molecule has 4 rings (SSSR count). The number of nitrogens with one attached hydrogen (secondary N) is 1. The molecule has 1 atom stereocenters. The number of hydroxylamine groups is 1. The minimum Gasteiger partial charge on any atom is -0.305 e. The van der Waals surface area contributed by atoms with Gasteiger partial charge in [-0.25, -0.2) is 0 Å². The van der Waals surface area contributed by atoms with E-state index in [9.17, 15) is 0 Å². The molecule has 18 heavy (non-hydrogen) atoms. The molecule has 2 bridgehead atoms. The van der Waals surface area contributed by atoms with Crippen LogP contribution in [0.25, 0.3) is 0 Å². The summed E-state index contributed by atoms with van der Waals surface area (Å²) in [5.41, 5.74) is 5.68. The quantitative estimate of drug-likeness (QED) is 0.824. The van der Waals surface area contributed by atoms with E-state index in [1.54, 1.807) is 7.11 Å². The van der Waals surface area contributed by atoms with E-state index in [0.29, 0.717) is 0 Å². The lowest BCUT2D eigenvalue weighted by Crippen LogP contribution is -2.46. The summed E-state index contributed by atoms with van der Waals surface area (Å²) in [7, 11) is 1.65. The third-order valence-electron chi connectivity index (χ3n) is 4.48. The molecule has 1 aromatic carbocycles. The maximum Gasteiger partial charge on any atom is 0.0572 e. The molecule has 98 valence electrons. The Bertz CT molecular complexity index is 382. The van der Waals surface area contributed by atoms with Gasteiger partial charge in [0.2, 0.25) is 0 Å². The summed E-state index contributed by atoms with van der Waals surface area (Å²) in [5, 5.41) is 0. The molecule has 3 fully saturated rings. The van der Waals surface area contributed by atoms with Crippen LogP contribution in [-0.2, 0) is 11.4 Å². The molecule has 0 spiro atoms. The molecule has 3 heteroatoms. The second-order valence-corrected chi connectivity index (χ2v) is 5.51. The van der Waals surface area contributed by atoms with Crippen molar-refractivity contribution < 1.29 is 4.84 Å². The number of piperidine rings is 3. The van der Waals surface area contributed by atoms with Crippen molar-refractivity contribution in [2.24, 2.45) is 5.92 Å². The van der Waals surface area contributed by atoms with Gasteiger partial charge in [0.1, 0.15) is 0 Å². The molecular weight excluding hydrogens is 224 g/mol. The van der Waals surface area contributed by atoms with Crippen LogP contribution >= 0.6 is 0 Å². The van der Waals surface area contributed by atoms with Crippen molar-refractivity contribution in [3.05, 3.63) is 35.4 Å². The average Bonchev–Trinajstić information content (AvgIpc) is 2.47. The van der Waals surface area contributed by atoms with Crippen molar-refractivity contribution in [3.8, 4) is 0 Å². The third kappa shape index (κ3) is 2.44. The number of hydrogen-bond acceptors (Lipinski definition) is 3. The molecule has 3 heterocycles. The first-order valence-electron chi connectivity index (χ1n) is 6.94. The minimum absolute atomic E-state index is 0.761. The monoisotopic (exact) mass is 246 g/mol. The highest BCUT2D eigenvalue weighted by Gasteiger charge is 2.34. The summed E-state index contributed by atoms with van der Waals surface area (Å²) < 4.78 is 0. The van der Waals surface area contributed by atoms with Crippen LogP contribution in [0.1, 0.15) is 29.9 Å². The van der Waals surface area contributed by atoms with E-state index in [1.807, 2.05) is 0 Å². The SMILES string of the molecule is CONCc1ccc(C2CN3CCC2CC3)cc1. The van der Waals surface area contributed by atoms with Gasteiger partial charge in [0.15, 0.2) is 0 Å². The predicted octanol–water partition coefficient (Wildman–Crippen LogP) is 2.15. The Morgan fingerprint density at radius 2 is 1.94 bits per heavy atom. The lowest BCUT2D eigenvalue weighted by Gasteiger charge is -2.45. The number of benzene rings is 1. The van der Waals surface area contributed by atoms with Crippen molar-refractivity contribution in [2.75, 3.05) is 26.7 Å². The highest BCUT2D eigenvalue weighted by atomic mass is 16.6. The van der Waals surface area contributed by atoms with Gasteiger partial charge >= 0.3 is 0 Å². The fourth-order valence-electron chi connectivity index (χ4n) is 3.38. The second kappa shape index (κ2) is 5.39. The van der Waals surface area contributed by atoms with Crippen LogP contribution in [0.5, 0.6) is 0 Å². The van der Waals surface area contributed by atoms with Crippen LogP contribution in [0, 0.1) is 5.92 Å². The zero-order chi connectivity index (χ0) is 12.4. The number of fused-ring (bicyclic) bond motifs is 3. The summed E-state index contributed by atoms with van der Waals surface area (Å²) in [6.07, 6.45) is 2.77. The molecule has 3 aliphatic rings. The van der Waals surface area contributed by atoms with E-state index in [1.165, 1.54) is 43.6 Å². The first kappa shape index (κ1) is 12.2. The Labute approximate surface area is 109 Å². The van der Waals surface area contributed by atoms with Crippen molar-refractivity contribution >= 4 is 0 Å². The Kier molecular flexibility index (Phi) is 3.64. The minimum atomic E-state index is 0.761. The van der Waals surface area contributed by atoms with Gasteiger partial charge in [-0.1, -0.05) is 24.3 Å². The van der Waals surface area contributed by atoms with Gasteiger partial charge in [0.05, 0.1) is 7.11 Å². The highest BCUT2D eigenvalue weighted by molar-refractivity contribution is 5.27. The molecule has 1 unspecified atom stereocenters. The Hall–Kier alpha value is -0.900. The topological polar surface area (TPSA) is 24.5 Å². The molecule has 3 nitrogen and oxygen atoms in total. The van der Waals surface area contributed by atoms with Crippen LogP contribution in [-0.4, -0.2) is 31.6 Å². The van der Waals surface area contributed by atoms with Crippen molar-refractivity contribution in [2.45, 2.75) is 25.3 Å². The summed E-state index contributed by atoms with van der Waals surface area (Å²) in [6.45, 7) is 4.67. The zero-order valence-electron chi connectivity index (χ0n) is 11.1. The summed E-state index contributed by atoms with van der Waals surface area (Å²) in [5.74, 6) is 1.68. The van der Waals surface area contributed by atoms with Gasteiger partial charge in [-0.15, -0.1) is 0 Å². The number of hydrogen-bond donors (Lipinski definition) is 1. The summed E-state index contributed by atoms with van der Waals surface area (Å²) in [4.78, 5) is 7.49. The van der Waals surface area contributed by atoms with Crippen LogP contribution < -0.4 is 5.48 Å². The molecule has 3 aliphatic heterocycles. The molecular formula is C15H22N2O. The first-order chi connectivity index (χ1) is 8.86. The van der Waals surface area contributed by atoms with Gasteiger partial charge in [-0.05, 0) is 48.9 Å². The predicted molar refractivity (Wildman–Crippen MR) is 72.2 cm³/mol. The summed E-state index contributed by atoms with van der Waals surface area (Å²) in [6, 6.07) is 9.05. The van der Waals surface area contributed by atoms with E-state index < -0.39 is 0 Å². The molecule has 0 amide bonds. The normalized spacial score (nSPS) is 30.6. The second-order valence-electron chi connectivity index (χ2n) is 5.51. The van der Waals surface area contributed by atoms with E-state index in [0.717, 1.165) is 18.4 Å². The lowest BCUT2D eigenvalue weighted by molar-refractivity contribution is 0.0859. The molecule has 0 radical (unpaired) electrons. The van der Waals surface area contributed by atoms with Gasteiger partial charge in [-0.3, -0.25) is 0 Å². The van der Waals surface area contributed by atoms with Gasteiger partial charge < -0.3 is 9.74 Å².